The second-order valence-electron chi connectivity index (χ2n) is 7.86. The molecule has 1 aliphatic rings. The fourth-order valence-electron chi connectivity index (χ4n) is 3.73. The Kier molecular flexibility index (Phi) is 10.7. The van der Waals surface area contributed by atoms with Gasteiger partial charge in [0, 0.05) is 38.4 Å². The molecule has 0 aromatic carbocycles. The van der Waals surface area contributed by atoms with Crippen LogP contribution in [0.15, 0.2) is 4.99 Å². The molecule has 2 N–H and O–H groups in total. The van der Waals surface area contributed by atoms with E-state index in [0.29, 0.717) is 12.0 Å². The molecule has 27 heavy (non-hydrogen) atoms. The van der Waals surface area contributed by atoms with E-state index in [-0.39, 0.29) is 24.0 Å². The summed E-state index contributed by atoms with van der Waals surface area (Å²) in [5.74, 6) is 1.51. The highest BCUT2D eigenvalue weighted by Gasteiger charge is 2.16. The van der Waals surface area contributed by atoms with Gasteiger partial charge in [-0.05, 0) is 71.5 Å². The van der Waals surface area contributed by atoms with Crippen molar-refractivity contribution in [3.05, 3.63) is 17.0 Å². The van der Waals surface area contributed by atoms with Crippen LogP contribution in [0.25, 0.3) is 0 Å². The third-order valence-corrected chi connectivity index (χ3v) is 5.23. The largest absolute Gasteiger partial charge is 0.357 e. The lowest BCUT2D eigenvalue weighted by Crippen LogP contribution is -2.43. The molecule has 0 spiro atoms. The fraction of sp³-hybridized carbons (Fsp3) is 0.800. The van der Waals surface area contributed by atoms with Crippen molar-refractivity contribution in [2.75, 3.05) is 32.7 Å². The summed E-state index contributed by atoms with van der Waals surface area (Å²) in [7, 11) is 2.01. The number of aromatic nitrogens is 2. The van der Waals surface area contributed by atoms with Crippen LogP contribution in [-0.4, -0.2) is 59.4 Å². The Labute approximate surface area is 182 Å². The Morgan fingerprint density at radius 3 is 2.44 bits per heavy atom. The van der Waals surface area contributed by atoms with Crippen LogP contribution >= 0.6 is 24.0 Å². The molecule has 1 fully saturated rings. The van der Waals surface area contributed by atoms with Crippen LogP contribution in [0.1, 0.15) is 50.6 Å². The minimum atomic E-state index is 0. The van der Waals surface area contributed by atoms with Crippen LogP contribution in [-0.2, 0) is 13.5 Å². The number of halogens is 1. The average molecular weight is 490 g/mol. The first kappa shape index (κ1) is 24.2. The number of aryl methyl sites for hydroxylation is 2. The zero-order valence-corrected chi connectivity index (χ0v) is 20.3. The van der Waals surface area contributed by atoms with E-state index in [1.165, 1.54) is 37.2 Å². The molecule has 6 nitrogen and oxygen atoms in total. The molecule has 2 atom stereocenters. The number of hydrogen-bond acceptors (Lipinski definition) is 3. The maximum absolute atomic E-state index is 4.83. The summed E-state index contributed by atoms with van der Waals surface area (Å²) in [4.78, 5) is 7.40. The standard InChI is InChI=1S/C20H38N6.HI/c1-7-21-20(22-13-15(2)14-26-10-8-9-11-26)23-16(3)12-19-17(4)24-25(6)18(19)5;/h15-16H,7-14H2,1-6H3,(H2,21,22,23);1H. The minimum absolute atomic E-state index is 0. The first-order valence-electron chi connectivity index (χ1n) is 10.2. The minimum Gasteiger partial charge on any atom is -0.357 e. The van der Waals surface area contributed by atoms with Crippen LogP contribution in [0.4, 0.5) is 0 Å². The Morgan fingerprint density at radius 1 is 1.22 bits per heavy atom. The van der Waals surface area contributed by atoms with Crippen molar-refractivity contribution in [1.29, 1.82) is 0 Å². The van der Waals surface area contributed by atoms with Gasteiger partial charge in [-0.25, -0.2) is 0 Å². The van der Waals surface area contributed by atoms with Crippen molar-refractivity contribution in [2.45, 2.75) is 59.9 Å². The van der Waals surface area contributed by atoms with E-state index in [0.717, 1.165) is 37.7 Å². The van der Waals surface area contributed by atoms with E-state index in [9.17, 15) is 0 Å². The smallest absolute Gasteiger partial charge is 0.191 e. The lowest BCUT2D eigenvalue weighted by molar-refractivity contribution is 0.291. The average Bonchev–Trinajstić information content (AvgIpc) is 3.17. The Balaban J connectivity index is 0.00000364. The summed E-state index contributed by atoms with van der Waals surface area (Å²) in [5, 5.41) is 11.5. The van der Waals surface area contributed by atoms with Gasteiger partial charge in [-0.2, -0.15) is 5.10 Å². The predicted octanol–water partition coefficient (Wildman–Crippen LogP) is 2.87. The van der Waals surface area contributed by atoms with Gasteiger partial charge in [0.05, 0.1) is 5.69 Å². The van der Waals surface area contributed by atoms with E-state index in [4.69, 9.17) is 4.99 Å². The molecule has 7 heteroatoms. The molecule has 0 amide bonds. The van der Waals surface area contributed by atoms with Crippen molar-refractivity contribution >= 4 is 29.9 Å². The number of aliphatic imine (C=N–C) groups is 1. The zero-order valence-electron chi connectivity index (χ0n) is 18.0. The highest BCUT2D eigenvalue weighted by molar-refractivity contribution is 14.0. The Bertz CT molecular complexity index is 592. The van der Waals surface area contributed by atoms with Gasteiger partial charge >= 0.3 is 0 Å². The summed E-state index contributed by atoms with van der Waals surface area (Å²) >= 11 is 0. The van der Waals surface area contributed by atoms with Crippen molar-refractivity contribution in [2.24, 2.45) is 18.0 Å². The van der Waals surface area contributed by atoms with E-state index < -0.39 is 0 Å². The highest BCUT2D eigenvalue weighted by atomic mass is 127. The van der Waals surface area contributed by atoms with Gasteiger partial charge in [0.2, 0.25) is 0 Å². The van der Waals surface area contributed by atoms with Crippen LogP contribution in [0, 0.1) is 19.8 Å². The van der Waals surface area contributed by atoms with Gasteiger partial charge < -0.3 is 15.5 Å². The van der Waals surface area contributed by atoms with E-state index in [1.807, 2.05) is 11.7 Å². The van der Waals surface area contributed by atoms with Gasteiger partial charge in [-0.1, -0.05) is 6.92 Å². The molecular weight excluding hydrogens is 451 g/mol. The number of rotatable bonds is 8. The molecule has 0 radical (unpaired) electrons. The van der Waals surface area contributed by atoms with Crippen molar-refractivity contribution < 1.29 is 0 Å². The zero-order chi connectivity index (χ0) is 19.1. The van der Waals surface area contributed by atoms with Crippen molar-refractivity contribution in [3.8, 4) is 0 Å². The normalized spacial score (nSPS) is 17.5. The number of nitrogens with zero attached hydrogens (tertiary/aromatic N) is 4. The second-order valence-corrected chi connectivity index (χ2v) is 7.86. The topological polar surface area (TPSA) is 57.5 Å². The molecule has 2 unspecified atom stereocenters. The van der Waals surface area contributed by atoms with E-state index >= 15 is 0 Å². The lowest BCUT2D eigenvalue weighted by atomic mass is 10.1. The van der Waals surface area contributed by atoms with Crippen LogP contribution < -0.4 is 10.6 Å². The van der Waals surface area contributed by atoms with Gasteiger partial charge in [-0.3, -0.25) is 9.67 Å². The van der Waals surface area contributed by atoms with Gasteiger partial charge in [-0.15, -0.1) is 24.0 Å². The fourth-order valence-corrected chi connectivity index (χ4v) is 3.73. The maximum Gasteiger partial charge on any atom is 0.191 e. The summed E-state index contributed by atoms with van der Waals surface area (Å²) in [6.07, 6.45) is 3.66. The quantitative estimate of drug-likeness (QED) is 0.334. The van der Waals surface area contributed by atoms with Crippen LogP contribution in [0.5, 0.6) is 0 Å². The van der Waals surface area contributed by atoms with Crippen molar-refractivity contribution in [3.63, 3.8) is 0 Å². The number of nitrogens with one attached hydrogen (secondary N) is 2. The molecule has 1 aromatic heterocycles. The molecular formula is C20H39IN6. The van der Waals surface area contributed by atoms with E-state index in [1.54, 1.807) is 0 Å². The Hall–Kier alpha value is -0.830. The number of likely N-dealkylation sites (tertiary alicyclic amines) is 1. The third-order valence-electron chi connectivity index (χ3n) is 5.23. The molecule has 1 saturated heterocycles. The van der Waals surface area contributed by atoms with Gasteiger partial charge in [0.15, 0.2) is 5.96 Å². The summed E-state index contributed by atoms with van der Waals surface area (Å²) in [5.41, 5.74) is 3.71. The summed E-state index contributed by atoms with van der Waals surface area (Å²) in [6, 6.07) is 0.309. The molecule has 2 heterocycles. The lowest BCUT2D eigenvalue weighted by Gasteiger charge is -2.21. The summed E-state index contributed by atoms with van der Waals surface area (Å²) < 4.78 is 1.97. The predicted molar refractivity (Wildman–Crippen MR) is 125 cm³/mol. The van der Waals surface area contributed by atoms with Crippen LogP contribution in [0.2, 0.25) is 0 Å². The highest BCUT2D eigenvalue weighted by Crippen LogP contribution is 2.14. The first-order chi connectivity index (χ1) is 12.4. The van der Waals surface area contributed by atoms with Gasteiger partial charge in [0.1, 0.15) is 0 Å². The molecule has 0 bridgehead atoms. The SMILES string of the molecule is CCNC(=NCC(C)CN1CCCC1)NC(C)Cc1c(C)nn(C)c1C.I. The second kappa shape index (κ2) is 11.9. The first-order valence-corrected chi connectivity index (χ1v) is 10.2. The molecule has 1 aliphatic heterocycles. The summed E-state index contributed by atoms with van der Waals surface area (Å²) in [6.45, 7) is 16.3. The van der Waals surface area contributed by atoms with Gasteiger partial charge in [0.25, 0.3) is 0 Å². The molecule has 156 valence electrons. The third kappa shape index (κ3) is 7.60. The maximum atomic E-state index is 4.83. The van der Waals surface area contributed by atoms with Crippen LogP contribution in [0.3, 0.4) is 0 Å². The van der Waals surface area contributed by atoms with E-state index in [2.05, 4.69) is 55.3 Å². The molecule has 1 aromatic rings. The number of hydrogen-bond donors (Lipinski definition) is 2. The molecule has 0 aliphatic carbocycles. The number of guanidine groups is 1. The van der Waals surface area contributed by atoms with Crippen molar-refractivity contribution in [1.82, 2.24) is 25.3 Å². The Morgan fingerprint density at radius 2 is 1.89 bits per heavy atom. The molecule has 2 rings (SSSR count). The molecule has 0 saturated carbocycles. The monoisotopic (exact) mass is 490 g/mol.